The first-order valence-electron chi connectivity index (χ1n) is 4.01. The topological polar surface area (TPSA) is 48.4 Å². The van der Waals surface area contributed by atoms with E-state index in [1.807, 2.05) is 0 Å². The van der Waals surface area contributed by atoms with Crippen LogP contribution in [0.2, 0.25) is 0 Å². The van der Waals surface area contributed by atoms with Gasteiger partial charge in [-0.2, -0.15) is 0 Å². The van der Waals surface area contributed by atoms with Crippen molar-refractivity contribution in [2.45, 2.75) is 6.42 Å². The summed E-state index contributed by atoms with van der Waals surface area (Å²) in [6.45, 7) is 0.646. The summed E-state index contributed by atoms with van der Waals surface area (Å²) in [5.41, 5.74) is 1.34. The van der Waals surface area contributed by atoms with Gasteiger partial charge in [0.05, 0.1) is 25.0 Å². The predicted molar refractivity (Wildman–Crippen MR) is 44.8 cm³/mol. The number of pyridine rings is 1. The van der Waals surface area contributed by atoms with E-state index in [-0.39, 0.29) is 5.97 Å². The number of carbonyl (C=O) groups is 1. The number of esters is 1. The van der Waals surface area contributed by atoms with Crippen LogP contribution in [-0.4, -0.2) is 24.7 Å². The van der Waals surface area contributed by atoms with Crippen LogP contribution < -0.4 is 4.74 Å². The Balaban J connectivity index is 2.36. The average Bonchev–Trinajstić information content (AvgIpc) is 2.63. The van der Waals surface area contributed by atoms with Gasteiger partial charge in [-0.3, -0.25) is 4.98 Å². The molecular formula is C9H9NO3. The molecule has 2 rings (SSSR count). The summed E-state index contributed by atoms with van der Waals surface area (Å²) in [5.74, 6) is 0.314. The molecule has 0 atom stereocenters. The first kappa shape index (κ1) is 8.04. The van der Waals surface area contributed by atoms with Crippen molar-refractivity contribution < 1.29 is 14.3 Å². The molecule has 13 heavy (non-hydrogen) atoms. The van der Waals surface area contributed by atoms with Crippen molar-refractivity contribution in [2.24, 2.45) is 0 Å². The lowest BCUT2D eigenvalue weighted by atomic mass is 10.2. The quantitative estimate of drug-likeness (QED) is 0.598. The summed E-state index contributed by atoms with van der Waals surface area (Å²) in [5, 5.41) is 0. The lowest BCUT2D eigenvalue weighted by molar-refractivity contribution is 0.0600. The van der Waals surface area contributed by atoms with Gasteiger partial charge >= 0.3 is 5.97 Å². The van der Waals surface area contributed by atoms with E-state index in [2.05, 4.69) is 9.72 Å². The molecule has 1 aromatic heterocycles. The molecule has 68 valence electrons. The molecule has 0 saturated heterocycles. The number of nitrogens with zero attached hydrogens (tertiary/aromatic N) is 1. The zero-order chi connectivity index (χ0) is 9.26. The monoisotopic (exact) mass is 179 g/mol. The number of aromatic nitrogens is 1. The molecule has 4 heteroatoms. The number of hydrogen-bond acceptors (Lipinski definition) is 4. The zero-order valence-electron chi connectivity index (χ0n) is 7.24. The molecule has 4 nitrogen and oxygen atoms in total. The van der Waals surface area contributed by atoms with Crippen LogP contribution >= 0.6 is 0 Å². The van der Waals surface area contributed by atoms with Gasteiger partial charge in [-0.05, 0) is 6.07 Å². The Bertz CT molecular complexity index is 349. The van der Waals surface area contributed by atoms with Crippen molar-refractivity contribution >= 4 is 5.97 Å². The summed E-state index contributed by atoms with van der Waals surface area (Å²) >= 11 is 0. The minimum Gasteiger partial charge on any atom is -0.491 e. The van der Waals surface area contributed by atoms with Crippen molar-refractivity contribution in [3.8, 4) is 5.75 Å². The summed E-state index contributed by atoms with van der Waals surface area (Å²) in [6.07, 6.45) is 2.33. The van der Waals surface area contributed by atoms with Gasteiger partial charge in [-0.25, -0.2) is 4.79 Å². The lowest BCUT2D eigenvalue weighted by Gasteiger charge is -2.01. The molecule has 0 unspecified atom stereocenters. The number of hydrogen-bond donors (Lipinski definition) is 0. The Labute approximate surface area is 75.5 Å². The first-order valence-corrected chi connectivity index (χ1v) is 4.01. The first-order chi connectivity index (χ1) is 6.31. The molecule has 1 aliphatic rings. The molecule has 0 fully saturated rings. The van der Waals surface area contributed by atoms with Gasteiger partial charge in [0.2, 0.25) is 0 Å². The van der Waals surface area contributed by atoms with Crippen LogP contribution in [0.15, 0.2) is 12.3 Å². The summed E-state index contributed by atoms with van der Waals surface area (Å²) in [7, 11) is 1.34. The van der Waals surface area contributed by atoms with Crippen molar-refractivity contribution in [1.82, 2.24) is 4.98 Å². The Morgan fingerprint density at radius 3 is 3.31 bits per heavy atom. The molecule has 0 N–H and O–H groups in total. The van der Waals surface area contributed by atoms with Crippen LogP contribution in [0, 0.1) is 0 Å². The normalized spacial score (nSPS) is 13.3. The van der Waals surface area contributed by atoms with E-state index < -0.39 is 0 Å². The maximum absolute atomic E-state index is 11.1. The fraction of sp³-hybridized carbons (Fsp3) is 0.333. The second-order valence-corrected chi connectivity index (χ2v) is 2.76. The summed E-state index contributed by atoms with van der Waals surface area (Å²) in [6, 6.07) is 1.67. The number of methoxy groups -OCH3 is 1. The minimum absolute atomic E-state index is 0.384. The highest BCUT2D eigenvalue weighted by Crippen LogP contribution is 2.23. The molecule has 0 spiro atoms. The molecule has 0 saturated carbocycles. The number of fused-ring (bicyclic) bond motifs is 1. The highest BCUT2D eigenvalue weighted by Gasteiger charge is 2.16. The van der Waals surface area contributed by atoms with Crippen molar-refractivity contribution in [1.29, 1.82) is 0 Å². The third-order valence-corrected chi connectivity index (χ3v) is 1.95. The van der Waals surface area contributed by atoms with E-state index in [0.29, 0.717) is 17.9 Å². The fourth-order valence-electron chi connectivity index (χ4n) is 1.27. The largest absolute Gasteiger partial charge is 0.491 e. The van der Waals surface area contributed by atoms with Gasteiger partial charge in [-0.1, -0.05) is 0 Å². The van der Waals surface area contributed by atoms with Crippen LogP contribution in [0.3, 0.4) is 0 Å². The fourth-order valence-corrected chi connectivity index (χ4v) is 1.27. The number of carbonyl (C=O) groups excluding carboxylic acids is 1. The lowest BCUT2D eigenvalue weighted by Crippen LogP contribution is -2.02. The van der Waals surface area contributed by atoms with E-state index in [1.54, 1.807) is 6.07 Å². The molecule has 0 aromatic carbocycles. The standard InChI is InChI=1S/C9H9NO3/c1-12-9(11)6-4-8-7(10-5-6)2-3-13-8/h4-5H,2-3H2,1H3. The zero-order valence-corrected chi connectivity index (χ0v) is 7.24. The van der Waals surface area contributed by atoms with Crippen molar-refractivity contribution in [3.05, 3.63) is 23.5 Å². The number of rotatable bonds is 1. The van der Waals surface area contributed by atoms with Gasteiger partial charge in [0.1, 0.15) is 5.75 Å². The van der Waals surface area contributed by atoms with E-state index in [9.17, 15) is 4.79 Å². The highest BCUT2D eigenvalue weighted by molar-refractivity contribution is 5.89. The van der Waals surface area contributed by atoms with E-state index >= 15 is 0 Å². The minimum atomic E-state index is -0.384. The molecule has 2 heterocycles. The Kier molecular flexibility index (Phi) is 1.88. The molecule has 0 aliphatic carbocycles. The maximum atomic E-state index is 11.1. The Morgan fingerprint density at radius 2 is 2.54 bits per heavy atom. The van der Waals surface area contributed by atoms with Crippen LogP contribution in [0.25, 0.3) is 0 Å². The van der Waals surface area contributed by atoms with Gasteiger partial charge < -0.3 is 9.47 Å². The molecular weight excluding hydrogens is 170 g/mol. The molecule has 1 aliphatic heterocycles. The second kappa shape index (κ2) is 3.05. The third-order valence-electron chi connectivity index (χ3n) is 1.95. The van der Waals surface area contributed by atoms with Gasteiger partial charge in [-0.15, -0.1) is 0 Å². The Morgan fingerprint density at radius 1 is 1.69 bits per heavy atom. The Hall–Kier alpha value is -1.58. The molecule has 0 radical (unpaired) electrons. The SMILES string of the molecule is COC(=O)c1cnc2c(c1)OCC2. The molecule has 0 bridgehead atoms. The highest BCUT2D eigenvalue weighted by atomic mass is 16.5. The van der Waals surface area contributed by atoms with Crippen LogP contribution in [0.4, 0.5) is 0 Å². The number of ether oxygens (including phenoxy) is 2. The van der Waals surface area contributed by atoms with E-state index in [0.717, 1.165) is 12.1 Å². The average molecular weight is 179 g/mol. The predicted octanol–water partition coefficient (Wildman–Crippen LogP) is 0.803. The summed E-state index contributed by atoms with van der Waals surface area (Å²) in [4.78, 5) is 15.2. The van der Waals surface area contributed by atoms with Crippen molar-refractivity contribution in [2.75, 3.05) is 13.7 Å². The summed E-state index contributed by atoms with van der Waals surface area (Å²) < 4.78 is 9.83. The van der Waals surface area contributed by atoms with Gasteiger partial charge in [0.15, 0.2) is 0 Å². The molecule has 0 amide bonds. The van der Waals surface area contributed by atoms with Gasteiger partial charge in [0.25, 0.3) is 0 Å². The van der Waals surface area contributed by atoms with Crippen LogP contribution in [0.5, 0.6) is 5.75 Å². The van der Waals surface area contributed by atoms with Crippen LogP contribution in [0.1, 0.15) is 16.1 Å². The van der Waals surface area contributed by atoms with Gasteiger partial charge in [0, 0.05) is 12.6 Å². The molecule has 1 aromatic rings. The van der Waals surface area contributed by atoms with E-state index in [1.165, 1.54) is 13.3 Å². The third kappa shape index (κ3) is 1.35. The van der Waals surface area contributed by atoms with Crippen molar-refractivity contribution in [3.63, 3.8) is 0 Å². The van der Waals surface area contributed by atoms with Crippen LogP contribution in [-0.2, 0) is 11.2 Å². The smallest absolute Gasteiger partial charge is 0.339 e. The second-order valence-electron chi connectivity index (χ2n) is 2.76. The maximum Gasteiger partial charge on any atom is 0.339 e. The van der Waals surface area contributed by atoms with E-state index in [4.69, 9.17) is 4.74 Å².